The van der Waals surface area contributed by atoms with E-state index in [9.17, 15) is 0 Å². The molecule has 0 aliphatic carbocycles. The van der Waals surface area contributed by atoms with Crippen LogP contribution in [0.4, 0.5) is 5.69 Å². The zero-order valence-corrected chi connectivity index (χ0v) is 16.4. The Morgan fingerprint density at radius 2 is 1.79 bits per heavy atom. The number of imidazole rings is 1. The van der Waals surface area contributed by atoms with Gasteiger partial charge in [0.2, 0.25) is 6.79 Å². The normalized spacial score (nSPS) is 16.8. The predicted molar refractivity (Wildman–Crippen MR) is 109 cm³/mol. The Bertz CT molecular complexity index is 1040. The van der Waals surface area contributed by atoms with Crippen LogP contribution < -0.4 is 19.1 Å². The van der Waals surface area contributed by atoms with Crippen LogP contribution in [0.2, 0.25) is 0 Å². The van der Waals surface area contributed by atoms with Crippen molar-refractivity contribution in [3.05, 3.63) is 29.8 Å². The molecule has 0 atom stereocenters. The minimum Gasteiger partial charge on any atom is -0.496 e. The minimum atomic E-state index is 0.232. The number of methoxy groups -OCH3 is 1. The van der Waals surface area contributed by atoms with E-state index in [1.165, 1.54) is 5.69 Å². The van der Waals surface area contributed by atoms with Gasteiger partial charge in [0.05, 0.1) is 23.7 Å². The Morgan fingerprint density at radius 1 is 1.04 bits per heavy atom. The molecular weight excluding hydrogens is 356 g/mol. The number of hydrogen-bond acceptors (Lipinski definition) is 6. The molecule has 7 heteroatoms. The summed E-state index contributed by atoms with van der Waals surface area (Å²) in [6.07, 6.45) is 0. The average Bonchev–Trinajstić information content (AvgIpc) is 3.33. The van der Waals surface area contributed by atoms with Crippen LogP contribution in [-0.4, -0.2) is 62.0 Å². The molecule has 3 aromatic rings. The Labute approximate surface area is 163 Å². The van der Waals surface area contributed by atoms with Crippen molar-refractivity contribution in [2.45, 2.75) is 6.92 Å². The largest absolute Gasteiger partial charge is 0.496 e. The number of piperazine rings is 1. The lowest BCUT2D eigenvalue weighted by Gasteiger charge is -2.34. The summed E-state index contributed by atoms with van der Waals surface area (Å²) in [5.41, 5.74) is 5.28. The molecule has 28 heavy (non-hydrogen) atoms. The van der Waals surface area contributed by atoms with Gasteiger partial charge in [-0.3, -0.25) is 0 Å². The van der Waals surface area contributed by atoms with Crippen LogP contribution in [0.15, 0.2) is 24.3 Å². The second kappa shape index (κ2) is 6.60. The Kier molecular flexibility index (Phi) is 4.05. The number of anilines is 1. The fourth-order valence-electron chi connectivity index (χ4n) is 3.92. The van der Waals surface area contributed by atoms with E-state index in [-0.39, 0.29) is 6.79 Å². The number of H-pyrrole nitrogens is 1. The molecule has 1 fully saturated rings. The summed E-state index contributed by atoms with van der Waals surface area (Å²) in [4.78, 5) is 13.1. The highest BCUT2D eigenvalue weighted by atomic mass is 16.7. The van der Waals surface area contributed by atoms with E-state index in [4.69, 9.17) is 19.2 Å². The van der Waals surface area contributed by atoms with Gasteiger partial charge in [-0.05, 0) is 37.7 Å². The summed E-state index contributed by atoms with van der Waals surface area (Å²) in [7, 11) is 3.83. The minimum absolute atomic E-state index is 0.232. The van der Waals surface area contributed by atoms with Gasteiger partial charge in [-0.25, -0.2) is 4.98 Å². The molecule has 1 N–H and O–H groups in total. The van der Waals surface area contributed by atoms with Gasteiger partial charge in [0.1, 0.15) is 11.6 Å². The lowest BCUT2D eigenvalue weighted by Crippen LogP contribution is -2.44. The lowest BCUT2D eigenvalue weighted by molar-refractivity contribution is 0.174. The number of aromatic nitrogens is 2. The van der Waals surface area contributed by atoms with Crippen molar-refractivity contribution in [1.82, 2.24) is 14.9 Å². The maximum absolute atomic E-state index is 5.57. The zero-order chi connectivity index (χ0) is 19.3. The van der Waals surface area contributed by atoms with Crippen LogP contribution in [0.25, 0.3) is 22.4 Å². The van der Waals surface area contributed by atoms with Crippen LogP contribution in [0.5, 0.6) is 17.2 Å². The van der Waals surface area contributed by atoms with Gasteiger partial charge in [-0.1, -0.05) is 0 Å². The molecule has 0 amide bonds. The average molecular weight is 380 g/mol. The van der Waals surface area contributed by atoms with Gasteiger partial charge in [0.25, 0.3) is 0 Å². The van der Waals surface area contributed by atoms with Gasteiger partial charge in [0.15, 0.2) is 11.5 Å². The number of nitrogens with one attached hydrogen (secondary N) is 1. The maximum Gasteiger partial charge on any atom is 0.231 e. The molecule has 146 valence electrons. The van der Waals surface area contributed by atoms with Crippen LogP contribution >= 0.6 is 0 Å². The zero-order valence-electron chi connectivity index (χ0n) is 16.4. The summed E-state index contributed by atoms with van der Waals surface area (Å²) >= 11 is 0. The van der Waals surface area contributed by atoms with Crippen LogP contribution in [0.1, 0.15) is 5.56 Å². The summed E-state index contributed by atoms with van der Waals surface area (Å²) in [5.74, 6) is 2.89. The van der Waals surface area contributed by atoms with Crippen LogP contribution in [0, 0.1) is 6.92 Å². The van der Waals surface area contributed by atoms with E-state index in [0.717, 1.165) is 54.2 Å². The molecule has 0 unspecified atom stereocenters. The molecule has 7 nitrogen and oxygen atoms in total. The highest BCUT2D eigenvalue weighted by molar-refractivity contribution is 5.87. The van der Waals surface area contributed by atoms with E-state index < -0.39 is 0 Å². The second-order valence-electron chi connectivity index (χ2n) is 7.44. The molecule has 5 rings (SSSR count). The summed E-state index contributed by atoms with van der Waals surface area (Å²) in [6.45, 7) is 6.59. The lowest BCUT2D eigenvalue weighted by atomic mass is 10.1. The summed E-state index contributed by atoms with van der Waals surface area (Å²) in [5, 5.41) is 0. The van der Waals surface area contributed by atoms with Crippen molar-refractivity contribution in [1.29, 1.82) is 0 Å². The van der Waals surface area contributed by atoms with E-state index in [1.807, 2.05) is 12.1 Å². The molecule has 0 radical (unpaired) electrons. The van der Waals surface area contributed by atoms with Gasteiger partial charge in [0, 0.05) is 37.9 Å². The highest BCUT2D eigenvalue weighted by Crippen LogP contribution is 2.42. The number of fused-ring (bicyclic) bond motifs is 2. The molecule has 2 aromatic carbocycles. The fourth-order valence-corrected chi connectivity index (χ4v) is 3.92. The SMILES string of the molecule is COc1cc2c(cc1-c1nc3c(C)cc(N4CCN(C)CC4)cc3[nH]1)OCO2. The molecule has 1 saturated heterocycles. The smallest absolute Gasteiger partial charge is 0.231 e. The van der Waals surface area contributed by atoms with E-state index >= 15 is 0 Å². The number of aromatic amines is 1. The summed E-state index contributed by atoms with van der Waals surface area (Å²) < 4.78 is 16.6. The third-order valence-corrected chi connectivity index (χ3v) is 5.58. The molecule has 0 saturated carbocycles. The van der Waals surface area contributed by atoms with Crippen molar-refractivity contribution in [3.63, 3.8) is 0 Å². The van der Waals surface area contributed by atoms with Crippen molar-refractivity contribution < 1.29 is 14.2 Å². The maximum atomic E-state index is 5.57. The van der Waals surface area contributed by atoms with Gasteiger partial charge >= 0.3 is 0 Å². The third kappa shape index (κ3) is 2.82. The van der Waals surface area contributed by atoms with Gasteiger partial charge < -0.3 is 29.0 Å². The molecular formula is C21H24N4O3. The highest BCUT2D eigenvalue weighted by Gasteiger charge is 2.21. The van der Waals surface area contributed by atoms with E-state index in [2.05, 4.69) is 40.9 Å². The topological polar surface area (TPSA) is 62.9 Å². The van der Waals surface area contributed by atoms with Crippen molar-refractivity contribution >= 4 is 16.7 Å². The molecule has 0 bridgehead atoms. The van der Waals surface area contributed by atoms with Crippen molar-refractivity contribution in [2.75, 3.05) is 52.0 Å². The number of benzene rings is 2. The number of hydrogen-bond donors (Lipinski definition) is 1. The number of aryl methyl sites for hydroxylation is 1. The Balaban J connectivity index is 1.56. The molecule has 2 aliphatic rings. The molecule has 0 spiro atoms. The Hall–Kier alpha value is -2.93. The summed E-state index contributed by atoms with van der Waals surface area (Å²) in [6, 6.07) is 8.21. The third-order valence-electron chi connectivity index (χ3n) is 5.58. The van der Waals surface area contributed by atoms with Crippen LogP contribution in [0.3, 0.4) is 0 Å². The molecule has 3 heterocycles. The molecule has 2 aliphatic heterocycles. The van der Waals surface area contributed by atoms with Gasteiger partial charge in [-0.15, -0.1) is 0 Å². The number of likely N-dealkylation sites (N-methyl/N-ethyl adjacent to an activating group) is 1. The van der Waals surface area contributed by atoms with Crippen LogP contribution in [-0.2, 0) is 0 Å². The first-order valence-corrected chi connectivity index (χ1v) is 9.54. The quantitative estimate of drug-likeness (QED) is 0.754. The first-order chi connectivity index (χ1) is 13.6. The monoisotopic (exact) mass is 380 g/mol. The molecule has 1 aromatic heterocycles. The Morgan fingerprint density at radius 3 is 2.54 bits per heavy atom. The second-order valence-corrected chi connectivity index (χ2v) is 7.44. The first kappa shape index (κ1) is 17.2. The standard InChI is InChI=1S/C21H24N4O3/c1-13-8-14(25-6-4-24(2)5-7-25)9-16-20(13)23-21(22-16)15-10-18-19(28-12-27-18)11-17(15)26-3/h8-11H,4-7,12H2,1-3H3,(H,22,23). The predicted octanol–water partition coefficient (Wildman–Crippen LogP) is 3.03. The van der Waals surface area contributed by atoms with Gasteiger partial charge in [-0.2, -0.15) is 0 Å². The first-order valence-electron chi connectivity index (χ1n) is 9.54. The number of nitrogens with zero attached hydrogens (tertiary/aromatic N) is 3. The number of rotatable bonds is 3. The van der Waals surface area contributed by atoms with E-state index in [1.54, 1.807) is 7.11 Å². The fraction of sp³-hybridized carbons (Fsp3) is 0.381. The number of ether oxygens (including phenoxy) is 3. The van der Waals surface area contributed by atoms with Crippen molar-refractivity contribution in [2.24, 2.45) is 0 Å². The van der Waals surface area contributed by atoms with E-state index in [0.29, 0.717) is 17.2 Å². The van der Waals surface area contributed by atoms with Crippen molar-refractivity contribution in [3.8, 4) is 28.6 Å².